The molecule has 0 aromatic heterocycles. The number of aryl methyl sites for hydroxylation is 1. The highest BCUT2D eigenvalue weighted by molar-refractivity contribution is 6.36. The zero-order valence-electron chi connectivity index (χ0n) is 26.6. The van der Waals surface area contributed by atoms with Crippen molar-refractivity contribution in [3.05, 3.63) is 107 Å². The van der Waals surface area contributed by atoms with Crippen LogP contribution in [0.5, 0.6) is 0 Å². The molecule has 3 amide bonds. The summed E-state index contributed by atoms with van der Waals surface area (Å²) < 4.78 is 0. The monoisotopic (exact) mass is 630 g/mol. The first-order chi connectivity index (χ1) is 22.9. The van der Waals surface area contributed by atoms with E-state index in [-0.39, 0.29) is 23.7 Å². The molecule has 6 N–H and O–H groups in total. The van der Waals surface area contributed by atoms with Crippen molar-refractivity contribution in [2.45, 2.75) is 44.9 Å². The molecule has 1 aliphatic heterocycles. The van der Waals surface area contributed by atoms with Gasteiger partial charge in [0.25, 0.3) is 11.8 Å². The van der Waals surface area contributed by atoms with Crippen LogP contribution in [0.1, 0.15) is 63.9 Å². The number of nitrogens with two attached hydrogens (primary N) is 2. The zero-order valence-corrected chi connectivity index (χ0v) is 26.6. The number of amides is 3. The highest BCUT2D eigenvalue weighted by Crippen LogP contribution is 2.37. The molecule has 0 bridgehead atoms. The lowest BCUT2D eigenvalue weighted by atomic mass is 9.82. The molecule has 1 heterocycles. The van der Waals surface area contributed by atoms with Crippen molar-refractivity contribution in [3.8, 4) is 0 Å². The van der Waals surface area contributed by atoms with Gasteiger partial charge in [-0.2, -0.15) is 0 Å². The van der Waals surface area contributed by atoms with Gasteiger partial charge >= 0.3 is 0 Å². The normalized spacial score (nSPS) is 17.4. The molecule has 0 radical (unpaired) electrons. The third-order valence-corrected chi connectivity index (χ3v) is 9.38. The predicted molar refractivity (Wildman–Crippen MR) is 188 cm³/mol. The van der Waals surface area contributed by atoms with Gasteiger partial charge in [-0.25, -0.2) is 4.90 Å². The number of nitrogens with one attached hydrogen (secondary N) is 2. The van der Waals surface area contributed by atoms with Gasteiger partial charge < -0.3 is 22.1 Å². The molecule has 0 atom stereocenters. The number of hydrogen-bond acceptors (Lipinski definition) is 5. The number of carbonyl (C=O) groups excluding carboxylic acids is 3. The maximum absolute atomic E-state index is 13.9. The summed E-state index contributed by atoms with van der Waals surface area (Å²) in [4.78, 5) is 45.7. The molecule has 2 aliphatic rings. The van der Waals surface area contributed by atoms with Gasteiger partial charge in [0.2, 0.25) is 5.91 Å². The van der Waals surface area contributed by atoms with Gasteiger partial charge in [-0.15, -0.1) is 0 Å². The molecule has 1 fully saturated rings. The van der Waals surface area contributed by atoms with Crippen LogP contribution in [0, 0.1) is 11.8 Å². The van der Waals surface area contributed by atoms with E-state index in [0.717, 1.165) is 55.3 Å². The molecule has 242 valence electrons. The van der Waals surface area contributed by atoms with Gasteiger partial charge in [0.1, 0.15) is 0 Å². The Morgan fingerprint density at radius 1 is 0.787 bits per heavy atom. The molecule has 4 aromatic rings. The zero-order chi connectivity index (χ0) is 32.8. The van der Waals surface area contributed by atoms with Crippen LogP contribution in [-0.4, -0.2) is 43.3 Å². The van der Waals surface area contributed by atoms with Gasteiger partial charge in [0.15, 0.2) is 5.96 Å². The number of hydrogen-bond donors (Lipinski definition) is 4. The Hall–Kier alpha value is -5.18. The largest absolute Gasteiger partial charge is 0.384 e. The van der Waals surface area contributed by atoms with Gasteiger partial charge in [-0.1, -0.05) is 54.6 Å². The van der Waals surface area contributed by atoms with E-state index < -0.39 is 0 Å². The Balaban J connectivity index is 1.10. The summed E-state index contributed by atoms with van der Waals surface area (Å²) in [6.07, 6.45) is 5.98. The van der Waals surface area contributed by atoms with Crippen LogP contribution in [0.4, 0.5) is 11.4 Å². The van der Waals surface area contributed by atoms with Crippen molar-refractivity contribution in [2.24, 2.45) is 28.3 Å². The molecule has 4 aromatic carbocycles. The van der Waals surface area contributed by atoms with Crippen molar-refractivity contribution in [2.75, 3.05) is 29.9 Å². The van der Waals surface area contributed by atoms with Crippen molar-refractivity contribution in [3.63, 3.8) is 0 Å². The quantitative estimate of drug-likeness (QED) is 0.0935. The van der Waals surface area contributed by atoms with E-state index in [1.54, 1.807) is 12.1 Å². The second-order valence-corrected chi connectivity index (χ2v) is 12.6. The van der Waals surface area contributed by atoms with Gasteiger partial charge in [0, 0.05) is 53.6 Å². The highest BCUT2D eigenvalue weighted by Gasteiger charge is 2.34. The molecule has 1 saturated carbocycles. The molecule has 0 saturated heterocycles. The molecular weight excluding hydrogens is 588 g/mol. The summed E-state index contributed by atoms with van der Waals surface area (Å²) in [7, 11) is 0. The van der Waals surface area contributed by atoms with E-state index in [1.165, 1.54) is 10.5 Å². The van der Waals surface area contributed by atoms with Gasteiger partial charge in [-0.05, 0) is 91.8 Å². The summed E-state index contributed by atoms with van der Waals surface area (Å²) in [6, 6.07) is 26.8. The number of anilines is 2. The second-order valence-electron chi connectivity index (χ2n) is 12.6. The van der Waals surface area contributed by atoms with E-state index in [9.17, 15) is 14.4 Å². The van der Waals surface area contributed by atoms with Crippen molar-refractivity contribution in [1.82, 2.24) is 5.32 Å². The topological polar surface area (TPSA) is 143 Å². The van der Waals surface area contributed by atoms with E-state index in [2.05, 4.69) is 15.6 Å². The Morgan fingerprint density at radius 2 is 1.49 bits per heavy atom. The van der Waals surface area contributed by atoms with Crippen LogP contribution < -0.4 is 27.0 Å². The van der Waals surface area contributed by atoms with Crippen LogP contribution in [0.2, 0.25) is 0 Å². The van der Waals surface area contributed by atoms with E-state index in [1.807, 2.05) is 72.8 Å². The Labute approximate surface area is 275 Å². The van der Waals surface area contributed by atoms with Crippen LogP contribution in [0.3, 0.4) is 0 Å². The number of aliphatic imine (C=N–C) groups is 1. The summed E-state index contributed by atoms with van der Waals surface area (Å²) >= 11 is 0. The minimum Gasteiger partial charge on any atom is -0.384 e. The fraction of sp³-hybridized carbons (Fsp3) is 0.316. The molecule has 6 rings (SSSR count). The Kier molecular flexibility index (Phi) is 9.80. The summed E-state index contributed by atoms with van der Waals surface area (Å²) in [5.74, 6) is 0.473. The minimum atomic E-state index is -0.347. The average molecular weight is 631 g/mol. The maximum atomic E-state index is 13.9. The summed E-state index contributed by atoms with van der Waals surface area (Å²) in [5.41, 5.74) is 15.5. The Morgan fingerprint density at radius 3 is 2.26 bits per heavy atom. The van der Waals surface area contributed by atoms with Crippen LogP contribution >= 0.6 is 0 Å². The van der Waals surface area contributed by atoms with Crippen molar-refractivity contribution < 1.29 is 14.4 Å². The molecule has 0 unspecified atom stereocenters. The predicted octanol–water partition coefficient (Wildman–Crippen LogP) is 5.42. The molecule has 9 nitrogen and oxygen atoms in total. The van der Waals surface area contributed by atoms with Crippen molar-refractivity contribution in [1.29, 1.82) is 0 Å². The van der Waals surface area contributed by atoms with Crippen LogP contribution in [-0.2, 0) is 17.6 Å². The van der Waals surface area contributed by atoms with Gasteiger partial charge in [0.05, 0.1) is 5.69 Å². The number of guanidine groups is 1. The number of nitrogens with zero attached hydrogens (tertiary/aromatic N) is 2. The fourth-order valence-electron chi connectivity index (χ4n) is 6.78. The average Bonchev–Trinajstić information content (AvgIpc) is 3.09. The van der Waals surface area contributed by atoms with E-state index in [0.29, 0.717) is 60.0 Å². The molecular formula is C38H42N6O3. The number of rotatable bonds is 12. The van der Waals surface area contributed by atoms with Crippen LogP contribution in [0.15, 0.2) is 89.9 Å². The lowest BCUT2D eigenvalue weighted by Crippen LogP contribution is -2.40. The van der Waals surface area contributed by atoms with E-state index in [4.69, 9.17) is 11.5 Å². The minimum absolute atomic E-state index is 0.0306. The van der Waals surface area contributed by atoms with E-state index >= 15 is 0 Å². The lowest BCUT2D eigenvalue weighted by molar-refractivity contribution is -0.121. The summed E-state index contributed by atoms with van der Waals surface area (Å²) in [6.45, 7) is 2.08. The number of imide groups is 1. The number of benzene rings is 4. The highest BCUT2D eigenvalue weighted by atomic mass is 16.2. The molecule has 47 heavy (non-hydrogen) atoms. The standard InChI is InChI=1S/C38H42N6O3/c39-38(40)43-24-28-14-12-27(13-15-28)23-42-33-18-17-32-35-30(33)10-5-11-31(35)36(46)44(37(32)47)29-9-4-8-26(22-29)16-19-34(45)41-21-20-25-6-2-1-3-7-25/h1-11,17-18,22,27-28,42H,12-16,19-21,23-24H2,(H,41,45)(H4,39,40,43). The second kappa shape index (κ2) is 14.5. The molecule has 0 spiro atoms. The molecule has 1 aliphatic carbocycles. The Bertz CT molecular complexity index is 1770. The third-order valence-electron chi connectivity index (χ3n) is 9.38. The third kappa shape index (κ3) is 7.46. The maximum Gasteiger partial charge on any atom is 0.265 e. The number of carbonyl (C=O) groups is 3. The van der Waals surface area contributed by atoms with Crippen molar-refractivity contribution >= 4 is 45.8 Å². The van der Waals surface area contributed by atoms with Gasteiger partial charge in [-0.3, -0.25) is 19.4 Å². The fourth-order valence-corrected chi connectivity index (χ4v) is 6.78. The molecule has 9 heteroatoms. The first-order valence-electron chi connectivity index (χ1n) is 16.5. The lowest BCUT2D eigenvalue weighted by Gasteiger charge is -2.29. The first kappa shape index (κ1) is 31.8. The SMILES string of the molecule is NC(N)=NCC1CCC(CNc2ccc3c4c(cccc24)C(=O)N(c2cccc(CCC(=O)NCCc4ccccc4)c2)C3=O)CC1. The van der Waals surface area contributed by atoms with Crippen LogP contribution in [0.25, 0.3) is 10.8 Å². The smallest absolute Gasteiger partial charge is 0.265 e. The first-order valence-corrected chi connectivity index (χ1v) is 16.5. The summed E-state index contributed by atoms with van der Waals surface area (Å²) in [5, 5.41) is 8.15.